The molecule has 0 aliphatic carbocycles. The number of anilines is 1. The molecule has 0 spiro atoms. The molecule has 1 aromatic carbocycles. The molecule has 0 aromatic heterocycles. The SMILES string of the molecule is CCCCCC(=O)OCCOCCOCCOCCOCCOCCOCCOCCOCCOCCOC(=O)c1ccc(NCCCC)cc1. The van der Waals surface area contributed by atoms with E-state index in [1.165, 1.54) is 0 Å². The zero-order valence-electron chi connectivity index (χ0n) is 31.2. The summed E-state index contributed by atoms with van der Waals surface area (Å²) in [7, 11) is 0. The van der Waals surface area contributed by atoms with E-state index < -0.39 is 0 Å². The van der Waals surface area contributed by atoms with Crippen LogP contribution in [0.2, 0.25) is 0 Å². The van der Waals surface area contributed by atoms with Gasteiger partial charge in [-0.25, -0.2) is 4.79 Å². The molecule has 0 unspecified atom stereocenters. The maximum absolute atomic E-state index is 12.1. The molecule has 0 aliphatic heterocycles. The Labute approximate surface area is 305 Å². The van der Waals surface area contributed by atoms with Crippen molar-refractivity contribution in [1.82, 2.24) is 0 Å². The van der Waals surface area contributed by atoms with Gasteiger partial charge in [0.25, 0.3) is 0 Å². The third-order valence-electron chi connectivity index (χ3n) is 6.89. The summed E-state index contributed by atoms with van der Waals surface area (Å²) in [6, 6.07) is 7.28. The van der Waals surface area contributed by atoms with Crippen molar-refractivity contribution in [1.29, 1.82) is 0 Å². The second-order valence-electron chi connectivity index (χ2n) is 11.2. The van der Waals surface area contributed by atoms with Gasteiger partial charge in [-0.2, -0.15) is 0 Å². The number of nitrogens with one attached hydrogen (secondary N) is 1. The summed E-state index contributed by atoms with van der Waals surface area (Å²) >= 11 is 0. The summed E-state index contributed by atoms with van der Waals surface area (Å²) in [5.41, 5.74) is 1.51. The molecule has 296 valence electrons. The minimum Gasteiger partial charge on any atom is -0.463 e. The Balaban J connectivity index is 1.70. The van der Waals surface area contributed by atoms with Crippen LogP contribution in [0.3, 0.4) is 0 Å². The van der Waals surface area contributed by atoms with Crippen molar-refractivity contribution in [3.63, 3.8) is 0 Å². The van der Waals surface area contributed by atoms with Gasteiger partial charge in [0.05, 0.1) is 124 Å². The van der Waals surface area contributed by atoms with Crippen molar-refractivity contribution in [3.8, 4) is 0 Å². The maximum Gasteiger partial charge on any atom is 0.338 e. The highest BCUT2D eigenvalue weighted by atomic mass is 16.6. The number of hydrogen-bond donors (Lipinski definition) is 1. The van der Waals surface area contributed by atoms with E-state index in [1.54, 1.807) is 12.1 Å². The van der Waals surface area contributed by atoms with Gasteiger partial charge in [-0.05, 0) is 37.1 Å². The van der Waals surface area contributed by atoms with Gasteiger partial charge >= 0.3 is 11.9 Å². The number of hydrogen-bond acceptors (Lipinski definition) is 14. The second-order valence-corrected chi connectivity index (χ2v) is 11.2. The molecule has 0 amide bonds. The fraction of sp³-hybridized carbons (Fsp3) is 0.784. The van der Waals surface area contributed by atoms with E-state index in [9.17, 15) is 9.59 Å². The molecule has 0 bridgehead atoms. The predicted octanol–water partition coefficient (Wildman–Crippen LogP) is 4.33. The highest BCUT2D eigenvalue weighted by Crippen LogP contribution is 2.11. The lowest BCUT2D eigenvalue weighted by atomic mass is 10.2. The quantitative estimate of drug-likeness (QED) is 0.0757. The standard InChI is InChI=1S/C37H65NO13/c1-3-5-7-8-36(39)50-32-30-48-28-26-46-24-22-44-20-18-42-16-14-41-15-17-43-19-21-45-23-25-47-27-29-49-31-33-51-37(40)34-9-11-35(12-10-34)38-13-6-4-2/h9-12,38H,3-8,13-33H2,1-2H3. The van der Waals surface area contributed by atoms with E-state index in [-0.39, 0.29) is 25.2 Å². The lowest BCUT2D eigenvalue weighted by Gasteiger charge is -2.09. The molecule has 14 heteroatoms. The van der Waals surface area contributed by atoms with Crippen LogP contribution >= 0.6 is 0 Å². The molecular formula is C37H65NO13. The lowest BCUT2D eigenvalue weighted by molar-refractivity contribution is -0.145. The third-order valence-corrected chi connectivity index (χ3v) is 6.89. The number of carbonyl (C=O) groups excluding carboxylic acids is 2. The number of esters is 2. The van der Waals surface area contributed by atoms with E-state index in [0.29, 0.717) is 131 Å². The average Bonchev–Trinajstić information content (AvgIpc) is 3.14. The Morgan fingerprint density at radius 1 is 0.451 bits per heavy atom. The third kappa shape index (κ3) is 32.0. The average molecular weight is 732 g/mol. The van der Waals surface area contributed by atoms with Gasteiger partial charge in [0.1, 0.15) is 13.2 Å². The first kappa shape index (κ1) is 46.6. The molecule has 0 aliphatic rings. The summed E-state index contributed by atoms with van der Waals surface area (Å²) in [5.74, 6) is -0.527. The van der Waals surface area contributed by atoms with Gasteiger partial charge in [0, 0.05) is 18.7 Å². The maximum atomic E-state index is 12.1. The van der Waals surface area contributed by atoms with E-state index in [2.05, 4.69) is 19.2 Å². The topological polar surface area (TPSA) is 148 Å². The minimum absolute atomic E-state index is 0.163. The first-order valence-corrected chi connectivity index (χ1v) is 18.5. The minimum atomic E-state index is -0.364. The number of benzene rings is 1. The molecule has 1 aromatic rings. The van der Waals surface area contributed by atoms with Crippen molar-refractivity contribution >= 4 is 17.6 Å². The lowest BCUT2D eigenvalue weighted by Crippen LogP contribution is -2.16. The molecule has 0 radical (unpaired) electrons. The van der Waals surface area contributed by atoms with Crippen LogP contribution in [0.4, 0.5) is 5.69 Å². The normalized spacial score (nSPS) is 11.2. The Morgan fingerprint density at radius 3 is 1.18 bits per heavy atom. The van der Waals surface area contributed by atoms with Crippen molar-refractivity contribution in [2.75, 3.05) is 144 Å². The zero-order chi connectivity index (χ0) is 36.7. The van der Waals surface area contributed by atoms with E-state index >= 15 is 0 Å². The summed E-state index contributed by atoms with van der Waals surface area (Å²) in [6.07, 6.45) is 5.72. The molecule has 14 nitrogen and oxygen atoms in total. The second kappa shape index (κ2) is 37.4. The van der Waals surface area contributed by atoms with Gasteiger partial charge in [-0.15, -0.1) is 0 Å². The number of ether oxygens (including phenoxy) is 11. The smallest absolute Gasteiger partial charge is 0.338 e. The Morgan fingerprint density at radius 2 is 0.804 bits per heavy atom. The monoisotopic (exact) mass is 731 g/mol. The fourth-order valence-corrected chi connectivity index (χ4v) is 4.08. The Kier molecular flexibility index (Phi) is 34.2. The van der Waals surface area contributed by atoms with Crippen LogP contribution in [-0.2, 0) is 56.9 Å². The van der Waals surface area contributed by atoms with E-state index in [0.717, 1.165) is 44.3 Å². The van der Waals surface area contributed by atoms with Crippen LogP contribution < -0.4 is 5.32 Å². The van der Waals surface area contributed by atoms with E-state index in [1.807, 2.05) is 12.1 Å². The summed E-state index contributed by atoms with van der Waals surface area (Å²) in [5, 5.41) is 3.32. The summed E-state index contributed by atoms with van der Waals surface area (Å²) in [6.45, 7) is 13.8. The van der Waals surface area contributed by atoms with Crippen LogP contribution in [0.5, 0.6) is 0 Å². The zero-order valence-corrected chi connectivity index (χ0v) is 31.2. The van der Waals surface area contributed by atoms with Gasteiger partial charge in [0.15, 0.2) is 0 Å². The van der Waals surface area contributed by atoms with Crippen LogP contribution in [0.25, 0.3) is 0 Å². The van der Waals surface area contributed by atoms with Gasteiger partial charge < -0.3 is 57.4 Å². The van der Waals surface area contributed by atoms with Crippen molar-refractivity contribution in [2.24, 2.45) is 0 Å². The van der Waals surface area contributed by atoms with Crippen molar-refractivity contribution < 1.29 is 61.7 Å². The molecule has 0 atom stereocenters. The van der Waals surface area contributed by atoms with Crippen molar-refractivity contribution in [3.05, 3.63) is 29.8 Å². The number of rotatable bonds is 39. The predicted molar refractivity (Wildman–Crippen MR) is 193 cm³/mol. The number of unbranched alkanes of at least 4 members (excludes halogenated alkanes) is 3. The molecule has 0 fully saturated rings. The van der Waals surface area contributed by atoms with Crippen LogP contribution in [0, 0.1) is 0 Å². The van der Waals surface area contributed by atoms with Crippen LogP contribution in [0.15, 0.2) is 24.3 Å². The summed E-state index contributed by atoms with van der Waals surface area (Å²) < 4.78 is 59.5. The van der Waals surface area contributed by atoms with Gasteiger partial charge in [0.2, 0.25) is 0 Å². The first-order valence-electron chi connectivity index (χ1n) is 18.5. The van der Waals surface area contributed by atoms with Crippen molar-refractivity contribution in [2.45, 2.75) is 52.4 Å². The Hall–Kier alpha value is -2.40. The van der Waals surface area contributed by atoms with Crippen LogP contribution in [-0.4, -0.2) is 151 Å². The molecule has 0 heterocycles. The molecule has 1 rings (SSSR count). The van der Waals surface area contributed by atoms with Crippen LogP contribution in [0.1, 0.15) is 62.7 Å². The Bertz CT molecular complexity index is 907. The van der Waals surface area contributed by atoms with E-state index in [4.69, 9.17) is 52.1 Å². The number of carbonyl (C=O) groups is 2. The highest BCUT2D eigenvalue weighted by Gasteiger charge is 2.07. The summed E-state index contributed by atoms with van der Waals surface area (Å²) in [4.78, 5) is 23.6. The first-order chi connectivity index (χ1) is 25.2. The van der Waals surface area contributed by atoms with Gasteiger partial charge in [-0.3, -0.25) is 4.79 Å². The molecule has 51 heavy (non-hydrogen) atoms. The largest absolute Gasteiger partial charge is 0.463 e. The fourth-order valence-electron chi connectivity index (χ4n) is 4.08. The highest BCUT2D eigenvalue weighted by molar-refractivity contribution is 5.89. The molecule has 1 N–H and O–H groups in total. The van der Waals surface area contributed by atoms with Gasteiger partial charge in [-0.1, -0.05) is 33.1 Å². The molecule has 0 saturated heterocycles. The molecule has 0 saturated carbocycles. The molecular weight excluding hydrogens is 666 g/mol.